The van der Waals surface area contributed by atoms with Crippen molar-refractivity contribution in [3.8, 4) is 23.3 Å². The Morgan fingerprint density at radius 3 is 2.20 bits per heavy atom. The fraction of sp³-hybridized carbons (Fsp3) is 0. The van der Waals surface area contributed by atoms with Gasteiger partial charge >= 0.3 is 5.97 Å². The summed E-state index contributed by atoms with van der Waals surface area (Å²) in [5.74, 6) is 1.93. The summed E-state index contributed by atoms with van der Waals surface area (Å²) in [6, 6.07) is 1.88. The number of phenols is 2. The number of rotatable bonds is 1. The molecule has 0 amide bonds. The topological polar surface area (TPSA) is 94.8 Å². The first-order valence-corrected chi connectivity index (χ1v) is 3.80. The molecule has 15 heavy (non-hydrogen) atoms. The molecule has 76 valence electrons. The third-order valence-electron chi connectivity index (χ3n) is 1.60. The van der Waals surface area contributed by atoms with Crippen LogP contribution in [0.2, 0.25) is 0 Å². The van der Waals surface area contributed by atoms with Crippen molar-refractivity contribution in [2.75, 3.05) is 0 Å². The zero-order valence-electron chi connectivity index (χ0n) is 7.39. The van der Waals surface area contributed by atoms with Crippen LogP contribution in [0.1, 0.15) is 15.9 Å². The number of carbonyl (C=O) groups excluding carboxylic acids is 1. The Hall–Kier alpha value is -2.48. The quantitative estimate of drug-likeness (QED) is 0.455. The Labute approximate surface area is 84.6 Å². The number of hydrogen-bond donors (Lipinski definition) is 3. The smallest absolute Gasteiger partial charge is 0.335 e. The van der Waals surface area contributed by atoms with Crippen LogP contribution < -0.4 is 0 Å². The summed E-state index contributed by atoms with van der Waals surface area (Å²) in [7, 11) is 0. The minimum atomic E-state index is -1.28. The SMILES string of the molecule is O=CC#Cc1c(O)cc(C(=O)O)cc1O. The summed E-state index contributed by atoms with van der Waals surface area (Å²) in [4.78, 5) is 20.5. The number of phenolic OH excluding ortho intramolecular Hbond substituents is 2. The minimum absolute atomic E-state index is 0.174. The molecule has 0 spiro atoms. The van der Waals surface area contributed by atoms with Gasteiger partial charge in [0, 0.05) is 0 Å². The number of carbonyl (C=O) groups is 2. The van der Waals surface area contributed by atoms with E-state index in [0.717, 1.165) is 12.1 Å². The van der Waals surface area contributed by atoms with Gasteiger partial charge in [0.1, 0.15) is 17.1 Å². The fourth-order valence-corrected chi connectivity index (χ4v) is 0.965. The maximum Gasteiger partial charge on any atom is 0.335 e. The highest BCUT2D eigenvalue weighted by Gasteiger charge is 2.11. The molecule has 0 aliphatic carbocycles. The molecule has 3 N–H and O–H groups in total. The van der Waals surface area contributed by atoms with Gasteiger partial charge in [-0.05, 0) is 18.1 Å². The molecule has 0 radical (unpaired) electrons. The van der Waals surface area contributed by atoms with Gasteiger partial charge in [0.25, 0.3) is 0 Å². The van der Waals surface area contributed by atoms with E-state index in [1.807, 2.05) is 5.92 Å². The van der Waals surface area contributed by atoms with Crippen molar-refractivity contribution in [2.45, 2.75) is 0 Å². The molecule has 5 nitrogen and oxygen atoms in total. The molecule has 0 saturated heterocycles. The lowest BCUT2D eigenvalue weighted by atomic mass is 10.1. The molecular weight excluding hydrogens is 200 g/mol. The van der Waals surface area contributed by atoms with E-state index in [4.69, 9.17) is 5.11 Å². The van der Waals surface area contributed by atoms with Crippen LogP contribution in [-0.4, -0.2) is 27.6 Å². The average Bonchev–Trinajstić information content (AvgIpc) is 2.16. The standard InChI is InChI=1S/C10H6O5/c11-3-1-2-7-8(12)4-6(10(14)15)5-9(7)13/h3-5,12-13H,(H,14,15). The van der Waals surface area contributed by atoms with E-state index in [0.29, 0.717) is 6.29 Å². The van der Waals surface area contributed by atoms with Gasteiger partial charge in [0.15, 0.2) is 6.29 Å². The van der Waals surface area contributed by atoms with Gasteiger partial charge in [0.2, 0.25) is 0 Å². The van der Waals surface area contributed by atoms with Crippen LogP contribution in [0, 0.1) is 11.8 Å². The van der Waals surface area contributed by atoms with Gasteiger partial charge in [-0.2, -0.15) is 0 Å². The van der Waals surface area contributed by atoms with Gasteiger partial charge in [-0.3, -0.25) is 4.79 Å². The largest absolute Gasteiger partial charge is 0.506 e. The van der Waals surface area contributed by atoms with Gasteiger partial charge in [-0.15, -0.1) is 0 Å². The first-order chi connectivity index (χ1) is 7.06. The van der Waals surface area contributed by atoms with Crippen LogP contribution in [0.3, 0.4) is 0 Å². The highest BCUT2D eigenvalue weighted by molar-refractivity contribution is 5.89. The lowest BCUT2D eigenvalue weighted by Gasteiger charge is -2.02. The molecule has 0 fully saturated rings. The molecule has 0 saturated carbocycles. The number of aldehydes is 1. The van der Waals surface area contributed by atoms with E-state index in [2.05, 4.69) is 5.92 Å². The number of hydrogen-bond acceptors (Lipinski definition) is 4. The average molecular weight is 206 g/mol. The predicted octanol–water partition coefficient (Wildman–Crippen LogP) is 0.346. The van der Waals surface area contributed by atoms with Crippen LogP contribution in [0.4, 0.5) is 0 Å². The van der Waals surface area contributed by atoms with Crippen LogP contribution >= 0.6 is 0 Å². The maximum absolute atomic E-state index is 10.5. The minimum Gasteiger partial charge on any atom is -0.506 e. The lowest BCUT2D eigenvalue weighted by Crippen LogP contribution is -1.96. The van der Waals surface area contributed by atoms with E-state index in [1.54, 1.807) is 0 Å². The summed E-state index contributed by atoms with van der Waals surface area (Å²) in [5.41, 5.74) is -0.436. The van der Waals surface area contributed by atoms with E-state index >= 15 is 0 Å². The molecule has 0 heterocycles. The van der Waals surface area contributed by atoms with E-state index in [9.17, 15) is 19.8 Å². The van der Waals surface area contributed by atoms with E-state index in [-0.39, 0.29) is 11.1 Å². The maximum atomic E-state index is 10.5. The van der Waals surface area contributed by atoms with Crippen molar-refractivity contribution in [3.05, 3.63) is 23.3 Å². The number of benzene rings is 1. The van der Waals surface area contributed by atoms with Crippen LogP contribution in [0.15, 0.2) is 12.1 Å². The van der Waals surface area contributed by atoms with Crippen LogP contribution in [-0.2, 0) is 4.79 Å². The molecule has 0 unspecified atom stereocenters. The predicted molar refractivity (Wildman–Crippen MR) is 49.7 cm³/mol. The summed E-state index contributed by atoms with van der Waals surface area (Å²) < 4.78 is 0. The fourth-order valence-electron chi connectivity index (χ4n) is 0.965. The van der Waals surface area contributed by atoms with E-state index in [1.165, 1.54) is 0 Å². The van der Waals surface area contributed by atoms with Crippen molar-refractivity contribution in [1.82, 2.24) is 0 Å². The number of aromatic hydroxyl groups is 2. The first-order valence-electron chi connectivity index (χ1n) is 3.80. The molecule has 0 atom stereocenters. The van der Waals surface area contributed by atoms with Crippen molar-refractivity contribution in [3.63, 3.8) is 0 Å². The molecule has 1 aromatic carbocycles. The Morgan fingerprint density at radius 2 is 1.80 bits per heavy atom. The van der Waals surface area contributed by atoms with Crippen LogP contribution in [0.25, 0.3) is 0 Å². The summed E-state index contributed by atoms with van der Waals surface area (Å²) in [5, 5.41) is 27.2. The molecule has 0 aliphatic heterocycles. The molecule has 5 heteroatoms. The second-order valence-electron chi connectivity index (χ2n) is 2.58. The van der Waals surface area contributed by atoms with Crippen LogP contribution in [0.5, 0.6) is 11.5 Å². The van der Waals surface area contributed by atoms with E-state index < -0.39 is 17.5 Å². The van der Waals surface area contributed by atoms with Crippen molar-refractivity contribution in [2.24, 2.45) is 0 Å². The number of carboxylic acids is 1. The molecule has 1 aromatic rings. The third kappa shape index (κ3) is 2.25. The second-order valence-corrected chi connectivity index (χ2v) is 2.58. The molecule has 0 aromatic heterocycles. The summed E-state index contributed by atoms with van der Waals surface area (Å²) in [6.07, 6.45) is 0.296. The van der Waals surface area contributed by atoms with Crippen molar-refractivity contribution in [1.29, 1.82) is 0 Å². The third-order valence-corrected chi connectivity index (χ3v) is 1.60. The Bertz CT molecular complexity index is 455. The lowest BCUT2D eigenvalue weighted by molar-refractivity contribution is -0.103. The summed E-state index contributed by atoms with van der Waals surface area (Å²) in [6.45, 7) is 0. The molecule has 0 aliphatic rings. The zero-order valence-corrected chi connectivity index (χ0v) is 7.39. The second kappa shape index (κ2) is 4.15. The van der Waals surface area contributed by atoms with Gasteiger partial charge in [-0.25, -0.2) is 4.79 Å². The summed E-state index contributed by atoms with van der Waals surface area (Å²) >= 11 is 0. The highest BCUT2D eigenvalue weighted by atomic mass is 16.4. The Morgan fingerprint density at radius 1 is 1.27 bits per heavy atom. The van der Waals surface area contributed by atoms with Crippen molar-refractivity contribution < 1.29 is 24.9 Å². The monoisotopic (exact) mass is 206 g/mol. The number of aromatic carboxylic acids is 1. The molecular formula is C10H6O5. The molecule has 0 bridgehead atoms. The number of carboxylic acid groups (broad SMARTS) is 1. The van der Waals surface area contributed by atoms with Crippen molar-refractivity contribution >= 4 is 12.3 Å². The van der Waals surface area contributed by atoms with Gasteiger partial charge in [-0.1, -0.05) is 5.92 Å². The van der Waals surface area contributed by atoms with Gasteiger partial charge < -0.3 is 15.3 Å². The zero-order chi connectivity index (χ0) is 11.4. The van der Waals surface area contributed by atoms with Gasteiger partial charge in [0.05, 0.1) is 5.56 Å². The highest BCUT2D eigenvalue weighted by Crippen LogP contribution is 2.27. The molecule has 1 rings (SSSR count). The first kappa shape index (κ1) is 10.6. The normalized spacial score (nSPS) is 8.80. The Balaban J connectivity index is 3.33. The Kier molecular flexibility index (Phi) is 2.94.